The molecule has 2 aromatic rings. The van der Waals surface area contributed by atoms with E-state index in [4.69, 9.17) is 0 Å². The zero-order chi connectivity index (χ0) is 14.1. The van der Waals surface area contributed by atoms with Crippen LogP contribution in [-0.2, 0) is 6.42 Å². The number of nitrogens with zero attached hydrogens (tertiary/aromatic N) is 1. The molecule has 1 aliphatic carbocycles. The van der Waals surface area contributed by atoms with Crippen molar-refractivity contribution in [2.24, 2.45) is 0 Å². The van der Waals surface area contributed by atoms with Crippen LogP contribution in [0.15, 0.2) is 36.5 Å². The highest BCUT2D eigenvalue weighted by molar-refractivity contribution is 5.30. The van der Waals surface area contributed by atoms with Gasteiger partial charge in [0.15, 0.2) is 0 Å². The standard InChI is InChI=1S/C16H15F2NO/c17-12-4-5-14(18)13(9-12)10-3-6-15(20)16-11(8-10)2-1-7-19-16/h1-2,4-5,7,9-10,15,20H,3,6,8H2. The molecule has 1 aromatic heterocycles. The summed E-state index contributed by atoms with van der Waals surface area (Å²) in [4.78, 5) is 4.21. The summed E-state index contributed by atoms with van der Waals surface area (Å²) in [6.45, 7) is 0. The van der Waals surface area contributed by atoms with E-state index in [9.17, 15) is 13.9 Å². The van der Waals surface area contributed by atoms with E-state index in [1.165, 1.54) is 6.07 Å². The van der Waals surface area contributed by atoms with Crippen LogP contribution >= 0.6 is 0 Å². The van der Waals surface area contributed by atoms with Crippen LogP contribution in [0.1, 0.15) is 41.7 Å². The Morgan fingerprint density at radius 2 is 2.00 bits per heavy atom. The van der Waals surface area contributed by atoms with Crippen LogP contribution in [0.5, 0.6) is 0 Å². The number of halogens is 2. The number of pyridine rings is 1. The topological polar surface area (TPSA) is 33.1 Å². The van der Waals surface area contributed by atoms with Gasteiger partial charge in [0.05, 0.1) is 11.8 Å². The van der Waals surface area contributed by atoms with Crippen molar-refractivity contribution < 1.29 is 13.9 Å². The average Bonchev–Trinajstić information content (AvgIpc) is 2.62. The summed E-state index contributed by atoms with van der Waals surface area (Å²) >= 11 is 0. The summed E-state index contributed by atoms with van der Waals surface area (Å²) in [5.41, 5.74) is 1.95. The molecule has 104 valence electrons. The van der Waals surface area contributed by atoms with Gasteiger partial charge in [-0.05, 0) is 60.6 Å². The number of aliphatic hydroxyl groups excluding tert-OH is 1. The number of rotatable bonds is 1. The molecule has 1 N–H and O–H groups in total. The zero-order valence-electron chi connectivity index (χ0n) is 10.9. The van der Waals surface area contributed by atoms with Crippen molar-refractivity contribution in [1.82, 2.24) is 4.98 Å². The lowest BCUT2D eigenvalue weighted by Crippen LogP contribution is -2.05. The van der Waals surface area contributed by atoms with E-state index in [1.54, 1.807) is 12.3 Å². The maximum atomic E-state index is 13.9. The first-order valence-electron chi connectivity index (χ1n) is 6.72. The lowest BCUT2D eigenvalue weighted by molar-refractivity contribution is 0.160. The number of hydrogen-bond acceptors (Lipinski definition) is 2. The summed E-state index contributed by atoms with van der Waals surface area (Å²) < 4.78 is 27.3. The second kappa shape index (κ2) is 5.29. The molecule has 0 bridgehead atoms. The molecular weight excluding hydrogens is 260 g/mol. The van der Waals surface area contributed by atoms with Crippen molar-refractivity contribution in [2.75, 3.05) is 0 Å². The zero-order valence-corrected chi connectivity index (χ0v) is 10.9. The van der Waals surface area contributed by atoms with E-state index in [1.807, 2.05) is 6.07 Å². The normalized spacial score (nSPS) is 22.1. The fourth-order valence-electron chi connectivity index (χ4n) is 2.88. The minimum absolute atomic E-state index is 0.134. The van der Waals surface area contributed by atoms with Crippen molar-refractivity contribution in [1.29, 1.82) is 0 Å². The van der Waals surface area contributed by atoms with Gasteiger partial charge in [0.1, 0.15) is 11.6 Å². The highest BCUT2D eigenvalue weighted by atomic mass is 19.1. The predicted octanol–water partition coefficient (Wildman–Crippen LogP) is 3.51. The van der Waals surface area contributed by atoms with Crippen molar-refractivity contribution in [2.45, 2.75) is 31.3 Å². The highest BCUT2D eigenvalue weighted by Gasteiger charge is 2.26. The van der Waals surface area contributed by atoms with E-state index >= 15 is 0 Å². The fourth-order valence-corrected chi connectivity index (χ4v) is 2.88. The molecule has 0 saturated heterocycles. The molecule has 3 rings (SSSR count). The minimum Gasteiger partial charge on any atom is -0.387 e. The molecule has 4 heteroatoms. The van der Waals surface area contributed by atoms with Crippen LogP contribution in [0, 0.1) is 11.6 Å². The second-order valence-corrected chi connectivity index (χ2v) is 5.21. The van der Waals surface area contributed by atoms with Gasteiger partial charge in [-0.25, -0.2) is 8.78 Å². The number of benzene rings is 1. The Kier molecular flexibility index (Phi) is 3.49. The van der Waals surface area contributed by atoms with Crippen LogP contribution < -0.4 is 0 Å². The molecular formula is C16H15F2NO. The van der Waals surface area contributed by atoms with Gasteiger partial charge in [-0.15, -0.1) is 0 Å². The van der Waals surface area contributed by atoms with Gasteiger partial charge in [0.2, 0.25) is 0 Å². The number of aliphatic hydroxyl groups is 1. The smallest absolute Gasteiger partial charge is 0.126 e. The molecule has 0 saturated carbocycles. The maximum Gasteiger partial charge on any atom is 0.126 e. The van der Waals surface area contributed by atoms with E-state index < -0.39 is 17.7 Å². The van der Waals surface area contributed by atoms with E-state index in [2.05, 4.69) is 4.98 Å². The lowest BCUT2D eigenvalue weighted by Gasteiger charge is -2.16. The van der Waals surface area contributed by atoms with Crippen LogP contribution in [0.4, 0.5) is 8.78 Å². The second-order valence-electron chi connectivity index (χ2n) is 5.21. The van der Waals surface area contributed by atoms with Crippen LogP contribution in [0.25, 0.3) is 0 Å². The fraction of sp³-hybridized carbons (Fsp3) is 0.312. The summed E-state index contributed by atoms with van der Waals surface area (Å²) in [6, 6.07) is 7.24. The largest absolute Gasteiger partial charge is 0.387 e. The Bertz CT molecular complexity index is 630. The maximum absolute atomic E-state index is 13.9. The summed E-state index contributed by atoms with van der Waals surface area (Å²) in [5.74, 6) is -0.957. The highest BCUT2D eigenvalue weighted by Crippen LogP contribution is 2.36. The van der Waals surface area contributed by atoms with Gasteiger partial charge in [0, 0.05) is 6.20 Å². The van der Waals surface area contributed by atoms with Crippen molar-refractivity contribution in [3.8, 4) is 0 Å². The molecule has 0 radical (unpaired) electrons. The van der Waals surface area contributed by atoms with Crippen molar-refractivity contribution in [3.05, 3.63) is 65.0 Å². The van der Waals surface area contributed by atoms with Crippen LogP contribution in [-0.4, -0.2) is 10.1 Å². The molecule has 0 spiro atoms. The summed E-state index contributed by atoms with van der Waals surface area (Å²) in [6.07, 6.45) is 2.70. The summed E-state index contributed by atoms with van der Waals surface area (Å²) in [5, 5.41) is 10.1. The molecule has 2 unspecified atom stereocenters. The van der Waals surface area contributed by atoms with Crippen LogP contribution in [0.2, 0.25) is 0 Å². The first-order valence-corrected chi connectivity index (χ1v) is 6.72. The van der Waals surface area contributed by atoms with Gasteiger partial charge in [0.25, 0.3) is 0 Å². The summed E-state index contributed by atoms with van der Waals surface area (Å²) in [7, 11) is 0. The number of aromatic nitrogens is 1. The van der Waals surface area contributed by atoms with Gasteiger partial charge in [-0.3, -0.25) is 4.98 Å². The van der Waals surface area contributed by atoms with Gasteiger partial charge >= 0.3 is 0 Å². The third kappa shape index (κ3) is 2.43. The van der Waals surface area contributed by atoms with Crippen LogP contribution in [0.3, 0.4) is 0 Å². The molecule has 2 nitrogen and oxygen atoms in total. The molecule has 0 aliphatic heterocycles. The van der Waals surface area contributed by atoms with Gasteiger partial charge in [-0.2, -0.15) is 0 Å². The monoisotopic (exact) mass is 275 g/mol. The van der Waals surface area contributed by atoms with Crippen molar-refractivity contribution in [3.63, 3.8) is 0 Å². The molecule has 1 heterocycles. The average molecular weight is 275 g/mol. The SMILES string of the molecule is OC1CCC(c2cc(F)ccc2F)Cc2cccnc21. The van der Waals surface area contributed by atoms with Gasteiger partial charge < -0.3 is 5.11 Å². The Morgan fingerprint density at radius 1 is 1.15 bits per heavy atom. The van der Waals surface area contributed by atoms with E-state index in [0.717, 1.165) is 17.7 Å². The molecule has 1 aromatic carbocycles. The molecule has 0 amide bonds. The number of hydrogen-bond donors (Lipinski definition) is 1. The van der Waals surface area contributed by atoms with Crippen molar-refractivity contribution >= 4 is 0 Å². The molecule has 0 fully saturated rings. The van der Waals surface area contributed by atoms with E-state index in [0.29, 0.717) is 30.5 Å². The third-order valence-corrected chi connectivity index (χ3v) is 3.89. The lowest BCUT2D eigenvalue weighted by atomic mass is 9.90. The molecule has 1 aliphatic rings. The minimum atomic E-state index is -0.632. The van der Waals surface area contributed by atoms with Gasteiger partial charge in [-0.1, -0.05) is 6.07 Å². The third-order valence-electron chi connectivity index (χ3n) is 3.89. The molecule has 2 atom stereocenters. The Morgan fingerprint density at radius 3 is 2.85 bits per heavy atom. The predicted molar refractivity (Wildman–Crippen MR) is 71.2 cm³/mol. The first kappa shape index (κ1) is 13.2. The first-order chi connectivity index (χ1) is 9.65. The quantitative estimate of drug-likeness (QED) is 0.808. The Labute approximate surface area is 116 Å². The molecule has 20 heavy (non-hydrogen) atoms. The Balaban J connectivity index is 1.99. The Hall–Kier alpha value is -1.81. The number of fused-ring (bicyclic) bond motifs is 1. The van der Waals surface area contributed by atoms with E-state index in [-0.39, 0.29) is 5.92 Å².